The number of fused-ring (bicyclic) bond motifs is 1. The summed E-state index contributed by atoms with van der Waals surface area (Å²) in [7, 11) is 3.49. The number of aromatic nitrogens is 1. The SMILES string of the molecule is CN(C)C(=O)Cc1nc2ccc(Cl)cc2s1. The summed E-state index contributed by atoms with van der Waals surface area (Å²) < 4.78 is 1.02. The minimum atomic E-state index is 0.0603. The maximum Gasteiger partial charge on any atom is 0.228 e. The smallest absolute Gasteiger partial charge is 0.228 e. The largest absolute Gasteiger partial charge is 0.348 e. The summed E-state index contributed by atoms with van der Waals surface area (Å²) in [5, 5.41) is 1.53. The van der Waals surface area contributed by atoms with Crippen LogP contribution in [0.25, 0.3) is 10.2 Å². The average Bonchev–Trinajstić information content (AvgIpc) is 2.58. The van der Waals surface area contributed by atoms with Crippen LogP contribution in [-0.2, 0) is 11.2 Å². The lowest BCUT2D eigenvalue weighted by Crippen LogP contribution is -2.23. The molecule has 5 heteroatoms. The Kier molecular flexibility index (Phi) is 3.12. The van der Waals surface area contributed by atoms with Crippen LogP contribution in [0.4, 0.5) is 0 Å². The van der Waals surface area contributed by atoms with Gasteiger partial charge in [0.2, 0.25) is 5.91 Å². The Bertz CT molecular complexity index is 536. The molecule has 0 aliphatic heterocycles. The Hall–Kier alpha value is -1.13. The van der Waals surface area contributed by atoms with Gasteiger partial charge in [0.1, 0.15) is 5.01 Å². The first-order chi connectivity index (χ1) is 7.56. The molecule has 0 N–H and O–H groups in total. The number of benzene rings is 1. The minimum absolute atomic E-state index is 0.0603. The molecular weight excluding hydrogens is 244 g/mol. The molecule has 1 amide bonds. The number of hydrogen-bond donors (Lipinski definition) is 0. The molecular formula is C11H11ClN2OS. The van der Waals surface area contributed by atoms with Gasteiger partial charge in [0.15, 0.2) is 0 Å². The highest BCUT2D eigenvalue weighted by Crippen LogP contribution is 2.25. The molecule has 0 saturated carbocycles. The molecule has 2 aromatic rings. The molecule has 3 nitrogen and oxygen atoms in total. The summed E-state index contributed by atoms with van der Waals surface area (Å²) in [6, 6.07) is 5.55. The van der Waals surface area contributed by atoms with Crippen LogP contribution in [-0.4, -0.2) is 29.9 Å². The standard InChI is InChI=1S/C11H11ClN2OS/c1-14(2)11(15)6-10-13-8-4-3-7(12)5-9(8)16-10/h3-5H,6H2,1-2H3. The predicted octanol–water partition coefficient (Wildman–Crippen LogP) is 2.58. The highest BCUT2D eigenvalue weighted by Gasteiger charge is 2.10. The lowest BCUT2D eigenvalue weighted by Gasteiger charge is -2.07. The maximum absolute atomic E-state index is 11.5. The van der Waals surface area contributed by atoms with Crippen LogP contribution in [0.5, 0.6) is 0 Å². The van der Waals surface area contributed by atoms with E-state index in [2.05, 4.69) is 4.98 Å². The molecule has 0 unspecified atom stereocenters. The number of halogens is 1. The van der Waals surface area contributed by atoms with Crippen LogP contribution in [0.15, 0.2) is 18.2 Å². The van der Waals surface area contributed by atoms with Crippen LogP contribution >= 0.6 is 22.9 Å². The van der Waals surface area contributed by atoms with Gasteiger partial charge in [-0.25, -0.2) is 4.98 Å². The summed E-state index contributed by atoms with van der Waals surface area (Å²) in [6.45, 7) is 0. The topological polar surface area (TPSA) is 33.2 Å². The van der Waals surface area contributed by atoms with E-state index >= 15 is 0 Å². The van der Waals surface area contributed by atoms with Crippen LogP contribution in [0.3, 0.4) is 0 Å². The van der Waals surface area contributed by atoms with E-state index in [1.807, 2.05) is 12.1 Å². The molecule has 0 saturated heterocycles. The third-order valence-electron chi connectivity index (χ3n) is 2.20. The van der Waals surface area contributed by atoms with Gasteiger partial charge in [-0.3, -0.25) is 4.79 Å². The normalized spacial score (nSPS) is 10.7. The molecule has 84 valence electrons. The third-order valence-corrected chi connectivity index (χ3v) is 3.45. The fraction of sp³-hybridized carbons (Fsp3) is 0.273. The van der Waals surface area contributed by atoms with Gasteiger partial charge in [-0.2, -0.15) is 0 Å². The van der Waals surface area contributed by atoms with Gasteiger partial charge < -0.3 is 4.90 Å². The Morgan fingerprint density at radius 2 is 2.25 bits per heavy atom. The van der Waals surface area contributed by atoms with E-state index in [4.69, 9.17) is 11.6 Å². The van der Waals surface area contributed by atoms with Crippen LogP contribution in [0.2, 0.25) is 5.02 Å². The van der Waals surface area contributed by atoms with Crippen molar-refractivity contribution in [2.75, 3.05) is 14.1 Å². The highest BCUT2D eigenvalue weighted by molar-refractivity contribution is 7.18. The Morgan fingerprint density at radius 1 is 1.50 bits per heavy atom. The second kappa shape index (κ2) is 4.39. The number of hydrogen-bond acceptors (Lipinski definition) is 3. The van der Waals surface area contributed by atoms with Gasteiger partial charge in [-0.05, 0) is 18.2 Å². The summed E-state index contributed by atoms with van der Waals surface area (Å²) >= 11 is 7.40. The number of carbonyl (C=O) groups excluding carboxylic acids is 1. The van der Waals surface area contributed by atoms with E-state index < -0.39 is 0 Å². The lowest BCUT2D eigenvalue weighted by molar-refractivity contribution is -0.127. The number of amides is 1. The molecule has 0 atom stereocenters. The van der Waals surface area contributed by atoms with E-state index in [-0.39, 0.29) is 5.91 Å². The molecule has 0 aliphatic rings. The van der Waals surface area contributed by atoms with Crippen molar-refractivity contribution < 1.29 is 4.79 Å². The summed E-state index contributed by atoms with van der Waals surface area (Å²) in [5.74, 6) is 0.0603. The molecule has 1 heterocycles. The van der Waals surface area contributed by atoms with E-state index in [1.165, 1.54) is 11.3 Å². The van der Waals surface area contributed by atoms with E-state index in [0.29, 0.717) is 11.4 Å². The minimum Gasteiger partial charge on any atom is -0.348 e. The van der Waals surface area contributed by atoms with E-state index in [9.17, 15) is 4.79 Å². The molecule has 0 bridgehead atoms. The highest BCUT2D eigenvalue weighted by atomic mass is 35.5. The number of likely N-dealkylation sites (N-methyl/N-ethyl adjacent to an activating group) is 1. The van der Waals surface area contributed by atoms with Crippen molar-refractivity contribution in [3.05, 3.63) is 28.2 Å². The molecule has 0 spiro atoms. The van der Waals surface area contributed by atoms with Gasteiger partial charge in [0, 0.05) is 19.1 Å². The van der Waals surface area contributed by atoms with E-state index in [1.54, 1.807) is 25.1 Å². The number of thiazole rings is 1. The van der Waals surface area contributed by atoms with Crippen molar-refractivity contribution in [3.8, 4) is 0 Å². The van der Waals surface area contributed by atoms with Crippen molar-refractivity contribution in [2.24, 2.45) is 0 Å². The first-order valence-electron chi connectivity index (χ1n) is 4.81. The zero-order valence-electron chi connectivity index (χ0n) is 9.03. The van der Waals surface area contributed by atoms with Gasteiger partial charge in [0.25, 0.3) is 0 Å². The molecule has 1 aromatic carbocycles. The quantitative estimate of drug-likeness (QED) is 0.825. The number of rotatable bonds is 2. The molecule has 0 fully saturated rings. The summed E-state index contributed by atoms with van der Waals surface area (Å²) in [6.07, 6.45) is 0.351. The van der Waals surface area contributed by atoms with Gasteiger partial charge in [-0.1, -0.05) is 11.6 Å². The maximum atomic E-state index is 11.5. The summed E-state index contributed by atoms with van der Waals surface area (Å²) in [5.41, 5.74) is 0.899. The monoisotopic (exact) mass is 254 g/mol. The first-order valence-corrected chi connectivity index (χ1v) is 6.01. The van der Waals surface area contributed by atoms with Crippen LogP contribution in [0, 0.1) is 0 Å². The van der Waals surface area contributed by atoms with Crippen molar-refractivity contribution in [3.63, 3.8) is 0 Å². The van der Waals surface area contributed by atoms with Crippen LogP contribution in [0.1, 0.15) is 5.01 Å². The number of carbonyl (C=O) groups is 1. The zero-order valence-corrected chi connectivity index (χ0v) is 10.6. The fourth-order valence-electron chi connectivity index (χ4n) is 1.31. The van der Waals surface area contributed by atoms with Gasteiger partial charge in [-0.15, -0.1) is 11.3 Å². The van der Waals surface area contributed by atoms with Crippen molar-refractivity contribution in [1.82, 2.24) is 9.88 Å². The Balaban J connectivity index is 2.29. The average molecular weight is 255 g/mol. The second-order valence-electron chi connectivity index (χ2n) is 3.68. The molecule has 2 rings (SSSR count). The lowest BCUT2D eigenvalue weighted by atomic mass is 10.3. The van der Waals surface area contributed by atoms with Gasteiger partial charge in [0.05, 0.1) is 16.6 Å². The zero-order chi connectivity index (χ0) is 11.7. The van der Waals surface area contributed by atoms with Gasteiger partial charge >= 0.3 is 0 Å². The van der Waals surface area contributed by atoms with Crippen molar-refractivity contribution >= 4 is 39.1 Å². The molecule has 0 aliphatic carbocycles. The Morgan fingerprint density at radius 3 is 2.94 bits per heavy atom. The molecule has 1 aromatic heterocycles. The Labute approximate surface area is 103 Å². The second-order valence-corrected chi connectivity index (χ2v) is 5.24. The van der Waals surface area contributed by atoms with Crippen molar-refractivity contribution in [1.29, 1.82) is 0 Å². The fourth-order valence-corrected chi connectivity index (χ4v) is 2.54. The number of nitrogens with zero attached hydrogens (tertiary/aromatic N) is 2. The van der Waals surface area contributed by atoms with Crippen molar-refractivity contribution in [2.45, 2.75) is 6.42 Å². The first kappa shape index (κ1) is 11.4. The molecule has 16 heavy (non-hydrogen) atoms. The van der Waals surface area contributed by atoms with Crippen LogP contribution < -0.4 is 0 Å². The van der Waals surface area contributed by atoms with E-state index in [0.717, 1.165) is 15.2 Å². The summed E-state index contributed by atoms with van der Waals surface area (Å²) in [4.78, 5) is 17.5. The molecule has 0 radical (unpaired) electrons. The third kappa shape index (κ3) is 2.33. The predicted molar refractivity (Wildman–Crippen MR) is 67.0 cm³/mol.